The molecule has 0 aromatic heterocycles. The van der Waals surface area contributed by atoms with Crippen molar-refractivity contribution in [2.24, 2.45) is 0 Å². The lowest BCUT2D eigenvalue weighted by molar-refractivity contribution is -0.137. The van der Waals surface area contributed by atoms with Crippen molar-refractivity contribution in [1.29, 1.82) is 0 Å². The number of nitrogens with zero attached hydrogens (tertiary/aromatic N) is 1. The third-order valence-electron chi connectivity index (χ3n) is 4.75. The van der Waals surface area contributed by atoms with Crippen molar-refractivity contribution >= 4 is 5.91 Å². The van der Waals surface area contributed by atoms with Gasteiger partial charge in [0, 0.05) is 19.2 Å². The summed E-state index contributed by atoms with van der Waals surface area (Å²) in [7, 11) is 1.79. The minimum absolute atomic E-state index is 0.289. The van der Waals surface area contributed by atoms with Gasteiger partial charge in [0.15, 0.2) is 0 Å². The molecule has 2 unspecified atom stereocenters. The Bertz CT molecular complexity index is 486. The van der Waals surface area contributed by atoms with Crippen LogP contribution >= 0.6 is 0 Å². The van der Waals surface area contributed by atoms with Crippen LogP contribution in [-0.2, 0) is 16.0 Å². The number of benzene rings is 1. The second-order valence-corrected chi connectivity index (χ2v) is 6.18. The highest BCUT2D eigenvalue weighted by Crippen LogP contribution is 2.37. The highest BCUT2D eigenvalue weighted by molar-refractivity contribution is 5.80. The summed E-state index contributed by atoms with van der Waals surface area (Å²) in [5.74, 6) is 0.289. The molecule has 3 heteroatoms. The molecule has 1 aromatic carbocycles. The maximum Gasteiger partial charge on any atom is 0.227 e. The molecule has 2 heterocycles. The van der Waals surface area contributed by atoms with E-state index in [1.54, 1.807) is 7.11 Å². The van der Waals surface area contributed by atoms with Crippen LogP contribution in [-0.4, -0.2) is 36.1 Å². The molecule has 3 nitrogen and oxygen atoms in total. The van der Waals surface area contributed by atoms with Gasteiger partial charge in [-0.2, -0.15) is 0 Å². The third-order valence-corrected chi connectivity index (χ3v) is 4.75. The molecule has 1 amide bonds. The highest BCUT2D eigenvalue weighted by Gasteiger charge is 2.42. The van der Waals surface area contributed by atoms with Gasteiger partial charge in [-0.05, 0) is 38.2 Å². The first-order chi connectivity index (χ1) is 9.67. The fourth-order valence-electron chi connectivity index (χ4n) is 3.81. The summed E-state index contributed by atoms with van der Waals surface area (Å²) in [5.41, 5.74) is 2.35. The van der Waals surface area contributed by atoms with Crippen molar-refractivity contribution in [2.45, 2.75) is 57.2 Å². The smallest absolute Gasteiger partial charge is 0.227 e. The first-order valence-corrected chi connectivity index (χ1v) is 7.57. The Hall–Kier alpha value is -1.35. The molecule has 108 valence electrons. The molecule has 20 heavy (non-hydrogen) atoms. The van der Waals surface area contributed by atoms with Crippen LogP contribution in [0.25, 0.3) is 0 Å². The fraction of sp³-hybridized carbons (Fsp3) is 0.588. The van der Waals surface area contributed by atoms with Gasteiger partial charge in [0.1, 0.15) is 0 Å². The zero-order chi connectivity index (χ0) is 14.1. The van der Waals surface area contributed by atoms with Crippen molar-refractivity contribution in [2.75, 3.05) is 7.11 Å². The van der Waals surface area contributed by atoms with E-state index in [4.69, 9.17) is 4.74 Å². The number of hydrogen-bond donors (Lipinski definition) is 0. The number of ether oxygens (including phenoxy) is 1. The van der Waals surface area contributed by atoms with Gasteiger partial charge >= 0.3 is 0 Å². The molecule has 2 aliphatic rings. The van der Waals surface area contributed by atoms with Gasteiger partial charge in [-0.3, -0.25) is 4.79 Å². The molecule has 0 radical (unpaired) electrons. The lowest BCUT2D eigenvalue weighted by Gasteiger charge is -2.38. The van der Waals surface area contributed by atoms with Gasteiger partial charge in [0.25, 0.3) is 0 Å². The third kappa shape index (κ3) is 2.59. The number of piperidine rings is 1. The maximum atomic E-state index is 12.6. The van der Waals surface area contributed by atoms with Crippen molar-refractivity contribution in [3.05, 3.63) is 35.4 Å². The average Bonchev–Trinajstić information content (AvgIpc) is 2.69. The number of fused-ring (bicyclic) bond motifs is 2. The van der Waals surface area contributed by atoms with E-state index in [9.17, 15) is 4.79 Å². The SMILES string of the molecule is COC1CC2CCC(C1)N2C(=O)Cc1cccc(C)c1. The van der Waals surface area contributed by atoms with Crippen LogP contribution in [0.2, 0.25) is 0 Å². The number of aryl methyl sites for hydroxylation is 1. The maximum absolute atomic E-state index is 12.6. The number of carbonyl (C=O) groups is 1. The second-order valence-electron chi connectivity index (χ2n) is 6.18. The van der Waals surface area contributed by atoms with Crippen LogP contribution in [0.5, 0.6) is 0 Å². The van der Waals surface area contributed by atoms with E-state index in [0.717, 1.165) is 31.2 Å². The minimum Gasteiger partial charge on any atom is -0.381 e. The molecule has 0 saturated carbocycles. The summed E-state index contributed by atoms with van der Waals surface area (Å²) in [6.07, 6.45) is 5.18. The standard InChI is InChI=1S/C17H23NO2/c1-12-4-3-5-13(8-12)9-17(19)18-14-6-7-15(18)11-16(10-14)20-2/h3-5,8,14-16H,6-7,9-11H2,1-2H3. The Labute approximate surface area is 120 Å². The van der Waals surface area contributed by atoms with Gasteiger partial charge in [-0.25, -0.2) is 0 Å². The van der Waals surface area contributed by atoms with Gasteiger partial charge < -0.3 is 9.64 Å². The van der Waals surface area contributed by atoms with Crippen molar-refractivity contribution < 1.29 is 9.53 Å². The van der Waals surface area contributed by atoms with E-state index in [1.165, 1.54) is 5.56 Å². The van der Waals surface area contributed by atoms with E-state index >= 15 is 0 Å². The summed E-state index contributed by atoms with van der Waals surface area (Å²) >= 11 is 0. The zero-order valence-corrected chi connectivity index (χ0v) is 12.3. The second kappa shape index (κ2) is 5.57. The highest BCUT2D eigenvalue weighted by atomic mass is 16.5. The van der Waals surface area contributed by atoms with Crippen LogP contribution in [0.3, 0.4) is 0 Å². The Kier molecular flexibility index (Phi) is 3.79. The molecule has 2 saturated heterocycles. The first-order valence-electron chi connectivity index (χ1n) is 7.57. The van der Waals surface area contributed by atoms with Gasteiger partial charge in [0.2, 0.25) is 5.91 Å². The average molecular weight is 273 g/mol. The van der Waals surface area contributed by atoms with Gasteiger partial charge in [-0.1, -0.05) is 29.8 Å². The van der Waals surface area contributed by atoms with E-state index < -0.39 is 0 Å². The monoisotopic (exact) mass is 273 g/mol. The van der Waals surface area contributed by atoms with Gasteiger partial charge in [0.05, 0.1) is 12.5 Å². The number of carbonyl (C=O) groups excluding carboxylic acids is 1. The molecule has 2 bridgehead atoms. The molecular weight excluding hydrogens is 250 g/mol. The Balaban J connectivity index is 1.69. The number of rotatable bonds is 3. The van der Waals surface area contributed by atoms with Crippen LogP contribution in [0.15, 0.2) is 24.3 Å². The predicted octanol–water partition coefficient (Wildman–Crippen LogP) is 2.71. The molecule has 0 aliphatic carbocycles. The molecule has 2 aliphatic heterocycles. The van der Waals surface area contributed by atoms with Crippen molar-refractivity contribution in [3.63, 3.8) is 0 Å². The minimum atomic E-state index is 0.289. The number of amides is 1. The molecule has 2 atom stereocenters. The molecular formula is C17H23NO2. The quantitative estimate of drug-likeness (QED) is 0.847. The van der Waals surface area contributed by atoms with E-state index in [-0.39, 0.29) is 5.91 Å². The van der Waals surface area contributed by atoms with E-state index in [0.29, 0.717) is 24.6 Å². The fourth-order valence-corrected chi connectivity index (χ4v) is 3.81. The largest absolute Gasteiger partial charge is 0.381 e. The first kappa shape index (κ1) is 13.6. The Morgan fingerprint density at radius 3 is 2.60 bits per heavy atom. The summed E-state index contributed by atoms with van der Waals surface area (Å²) in [6, 6.07) is 9.06. The molecule has 3 rings (SSSR count). The number of methoxy groups -OCH3 is 1. The predicted molar refractivity (Wildman–Crippen MR) is 78.6 cm³/mol. The van der Waals surface area contributed by atoms with Crippen LogP contribution < -0.4 is 0 Å². The van der Waals surface area contributed by atoms with Crippen LogP contribution in [0.1, 0.15) is 36.8 Å². The molecule has 1 aromatic rings. The topological polar surface area (TPSA) is 29.5 Å². The Morgan fingerprint density at radius 1 is 1.30 bits per heavy atom. The lowest BCUT2D eigenvalue weighted by Crippen LogP contribution is -2.48. The van der Waals surface area contributed by atoms with Crippen LogP contribution in [0.4, 0.5) is 0 Å². The number of hydrogen-bond acceptors (Lipinski definition) is 2. The van der Waals surface area contributed by atoms with E-state index in [1.807, 2.05) is 6.07 Å². The van der Waals surface area contributed by atoms with Crippen molar-refractivity contribution in [1.82, 2.24) is 4.90 Å². The Morgan fingerprint density at radius 2 is 2.00 bits per heavy atom. The normalized spacial score (nSPS) is 28.7. The summed E-state index contributed by atoms with van der Waals surface area (Å²) in [5, 5.41) is 0. The lowest BCUT2D eigenvalue weighted by atomic mass is 9.98. The molecule has 0 spiro atoms. The van der Waals surface area contributed by atoms with Gasteiger partial charge in [-0.15, -0.1) is 0 Å². The molecule has 0 N–H and O–H groups in total. The molecule has 2 fully saturated rings. The summed E-state index contributed by atoms with van der Waals surface area (Å²) < 4.78 is 5.50. The summed E-state index contributed by atoms with van der Waals surface area (Å²) in [4.78, 5) is 14.8. The van der Waals surface area contributed by atoms with Crippen molar-refractivity contribution in [3.8, 4) is 0 Å². The van der Waals surface area contributed by atoms with E-state index in [2.05, 4.69) is 30.0 Å². The summed E-state index contributed by atoms with van der Waals surface area (Å²) in [6.45, 7) is 2.07. The zero-order valence-electron chi connectivity index (χ0n) is 12.3. The van der Waals surface area contributed by atoms with Crippen LogP contribution in [0, 0.1) is 6.92 Å².